The van der Waals surface area contributed by atoms with Gasteiger partial charge in [0.1, 0.15) is 11.0 Å². The largest absolute Gasteiger partial charge is 0.354 e. The van der Waals surface area contributed by atoms with E-state index in [1.54, 1.807) is 6.20 Å². The molecule has 0 saturated carbocycles. The van der Waals surface area contributed by atoms with E-state index < -0.39 is 0 Å². The fraction of sp³-hybridized carbons (Fsp3) is 0.444. The first-order chi connectivity index (χ1) is 7.25. The number of aromatic nitrogens is 2. The molecule has 1 N–H and O–H groups in total. The molecular weight excluding hydrogens is 216 g/mol. The van der Waals surface area contributed by atoms with Crippen LogP contribution in [0.3, 0.4) is 0 Å². The fourth-order valence-corrected chi connectivity index (χ4v) is 1.62. The summed E-state index contributed by atoms with van der Waals surface area (Å²) in [4.78, 5) is 21.2. The predicted octanol–water partition coefficient (Wildman–Crippen LogP) is 0.456. The highest BCUT2D eigenvalue weighted by atomic mass is 35.5. The normalized spacial score (nSPS) is 17.1. The molecule has 0 spiro atoms. The van der Waals surface area contributed by atoms with E-state index in [0.29, 0.717) is 24.7 Å². The van der Waals surface area contributed by atoms with E-state index in [0.717, 1.165) is 12.4 Å². The van der Waals surface area contributed by atoms with Gasteiger partial charge in [-0.15, -0.1) is 0 Å². The van der Waals surface area contributed by atoms with Crippen LogP contribution in [0.2, 0.25) is 5.15 Å². The van der Waals surface area contributed by atoms with Gasteiger partial charge in [0, 0.05) is 26.1 Å². The maximum absolute atomic E-state index is 11.1. The molecule has 0 bridgehead atoms. The van der Waals surface area contributed by atoms with Crippen molar-refractivity contribution in [1.29, 1.82) is 0 Å². The van der Waals surface area contributed by atoms with Crippen molar-refractivity contribution >= 4 is 23.3 Å². The molecule has 1 aromatic heterocycles. The first-order valence-electron chi connectivity index (χ1n) is 4.75. The van der Waals surface area contributed by atoms with Crippen LogP contribution in [-0.4, -0.2) is 35.5 Å². The molecule has 0 atom stereocenters. The number of hydrogen-bond donors (Lipinski definition) is 1. The number of rotatable bonds is 1. The molecule has 1 aliphatic rings. The van der Waals surface area contributed by atoms with Crippen LogP contribution in [0.25, 0.3) is 0 Å². The predicted molar refractivity (Wildman–Crippen MR) is 56.9 cm³/mol. The van der Waals surface area contributed by atoms with Gasteiger partial charge >= 0.3 is 0 Å². The molecule has 80 valence electrons. The summed E-state index contributed by atoms with van der Waals surface area (Å²) in [6.07, 6.45) is 3.63. The van der Waals surface area contributed by atoms with Gasteiger partial charge in [0.15, 0.2) is 0 Å². The molecule has 1 saturated heterocycles. The fourth-order valence-electron chi connectivity index (χ4n) is 1.48. The van der Waals surface area contributed by atoms with Crippen LogP contribution in [0.4, 0.5) is 5.82 Å². The molecule has 0 aliphatic carbocycles. The van der Waals surface area contributed by atoms with Crippen LogP contribution in [-0.2, 0) is 4.79 Å². The number of anilines is 1. The second kappa shape index (κ2) is 4.44. The molecule has 0 aromatic carbocycles. The van der Waals surface area contributed by atoms with Crippen molar-refractivity contribution in [3.8, 4) is 0 Å². The van der Waals surface area contributed by atoms with Crippen LogP contribution in [0.1, 0.15) is 6.42 Å². The molecule has 5 nitrogen and oxygen atoms in total. The first kappa shape index (κ1) is 10.2. The zero-order chi connectivity index (χ0) is 10.7. The number of halogens is 1. The lowest BCUT2D eigenvalue weighted by atomic mass is 10.4. The number of carbonyl (C=O) groups is 1. The Hall–Kier alpha value is -1.36. The van der Waals surface area contributed by atoms with Gasteiger partial charge in [0.25, 0.3) is 0 Å². The quantitative estimate of drug-likeness (QED) is 0.756. The number of amides is 1. The monoisotopic (exact) mass is 226 g/mol. The summed E-state index contributed by atoms with van der Waals surface area (Å²) < 4.78 is 0. The van der Waals surface area contributed by atoms with E-state index in [1.165, 1.54) is 6.20 Å². The average molecular weight is 227 g/mol. The SMILES string of the molecule is O=C1CCN(c2cncc(Cl)n2)CCN1. The van der Waals surface area contributed by atoms with E-state index in [1.807, 2.05) is 4.90 Å². The van der Waals surface area contributed by atoms with E-state index in [4.69, 9.17) is 11.6 Å². The van der Waals surface area contributed by atoms with Crippen LogP contribution in [0, 0.1) is 0 Å². The van der Waals surface area contributed by atoms with Crippen molar-refractivity contribution in [3.63, 3.8) is 0 Å². The van der Waals surface area contributed by atoms with Gasteiger partial charge < -0.3 is 10.2 Å². The van der Waals surface area contributed by atoms with E-state index in [9.17, 15) is 4.79 Å². The highest BCUT2D eigenvalue weighted by Gasteiger charge is 2.14. The first-order valence-corrected chi connectivity index (χ1v) is 5.13. The highest BCUT2D eigenvalue weighted by molar-refractivity contribution is 6.29. The molecule has 0 radical (unpaired) electrons. The van der Waals surface area contributed by atoms with E-state index >= 15 is 0 Å². The zero-order valence-electron chi connectivity index (χ0n) is 8.11. The highest BCUT2D eigenvalue weighted by Crippen LogP contribution is 2.13. The summed E-state index contributed by atoms with van der Waals surface area (Å²) in [5, 5.41) is 3.17. The van der Waals surface area contributed by atoms with Gasteiger partial charge in [-0.05, 0) is 0 Å². The zero-order valence-corrected chi connectivity index (χ0v) is 8.87. The molecule has 0 unspecified atom stereocenters. The summed E-state index contributed by atoms with van der Waals surface area (Å²) in [6.45, 7) is 2.02. The molecule has 1 amide bonds. The Morgan fingerprint density at radius 1 is 1.40 bits per heavy atom. The second-order valence-corrected chi connectivity index (χ2v) is 3.67. The molecule has 15 heavy (non-hydrogen) atoms. The van der Waals surface area contributed by atoms with E-state index in [2.05, 4.69) is 15.3 Å². The molecular formula is C9H11ClN4O. The summed E-state index contributed by atoms with van der Waals surface area (Å²) in [6, 6.07) is 0. The third-order valence-electron chi connectivity index (χ3n) is 2.23. The molecule has 1 aromatic rings. The maximum Gasteiger partial charge on any atom is 0.221 e. The summed E-state index contributed by atoms with van der Waals surface area (Å²) in [5.41, 5.74) is 0. The topological polar surface area (TPSA) is 58.1 Å². The van der Waals surface area contributed by atoms with E-state index in [-0.39, 0.29) is 5.91 Å². The van der Waals surface area contributed by atoms with Gasteiger partial charge in [-0.2, -0.15) is 0 Å². The van der Waals surface area contributed by atoms with Crippen LogP contribution >= 0.6 is 11.6 Å². The lowest BCUT2D eigenvalue weighted by molar-refractivity contribution is -0.120. The van der Waals surface area contributed by atoms with Gasteiger partial charge in [0.2, 0.25) is 5.91 Å². The number of carbonyl (C=O) groups excluding carboxylic acids is 1. The Bertz CT molecular complexity index is 371. The van der Waals surface area contributed by atoms with Gasteiger partial charge in [-0.1, -0.05) is 11.6 Å². The standard InChI is InChI=1S/C9H11ClN4O/c10-7-5-11-6-8(13-7)14-3-1-9(15)12-2-4-14/h5-6H,1-4H2,(H,12,15). The van der Waals surface area contributed by atoms with Crippen molar-refractivity contribution in [3.05, 3.63) is 17.5 Å². The average Bonchev–Trinajstić information content (AvgIpc) is 2.43. The smallest absolute Gasteiger partial charge is 0.221 e. The van der Waals surface area contributed by atoms with Crippen molar-refractivity contribution < 1.29 is 4.79 Å². The summed E-state index contributed by atoms with van der Waals surface area (Å²) in [7, 11) is 0. The summed E-state index contributed by atoms with van der Waals surface area (Å²) >= 11 is 5.75. The van der Waals surface area contributed by atoms with Crippen LogP contribution in [0.5, 0.6) is 0 Å². The Balaban J connectivity index is 2.13. The second-order valence-electron chi connectivity index (χ2n) is 3.29. The minimum atomic E-state index is 0.0764. The minimum Gasteiger partial charge on any atom is -0.354 e. The van der Waals surface area contributed by atoms with Gasteiger partial charge in [0.05, 0.1) is 12.4 Å². The van der Waals surface area contributed by atoms with Gasteiger partial charge in [-0.25, -0.2) is 4.98 Å². The Morgan fingerprint density at radius 2 is 2.27 bits per heavy atom. The van der Waals surface area contributed by atoms with Crippen molar-refractivity contribution in [2.75, 3.05) is 24.5 Å². The van der Waals surface area contributed by atoms with Crippen LogP contribution in [0.15, 0.2) is 12.4 Å². The lowest BCUT2D eigenvalue weighted by Crippen LogP contribution is -2.29. The molecule has 1 aliphatic heterocycles. The molecule has 6 heteroatoms. The molecule has 2 heterocycles. The third kappa shape index (κ3) is 2.56. The van der Waals surface area contributed by atoms with Gasteiger partial charge in [-0.3, -0.25) is 9.78 Å². The Kier molecular flexibility index (Phi) is 3.01. The lowest BCUT2D eigenvalue weighted by Gasteiger charge is -2.19. The Morgan fingerprint density at radius 3 is 3.07 bits per heavy atom. The van der Waals surface area contributed by atoms with Crippen molar-refractivity contribution in [2.45, 2.75) is 6.42 Å². The molecule has 2 rings (SSSR count). The van der Waals surface area contributed by atoms with Crippen LogP contribution < -0.4 is 10.2 Å². The summed E-state index contributed by atoms with van der Waals surface area (Å²) in [5.74, 6) is 0.798. The number of hydrogen-bond acceptors (Lipinski definition) is 4. The Labute approximate surface area is 92.5 Å². The minimum absolute atomic E-state index is 0.0764. The maximum atomic E-state index is 11.1. The van der Waals surface area contributed by atoms with Crippen molar-refractivity contribution in [2.24, 2.45) is 0 Å². The van der Waals surface area contributed by atoms with Crippen molar-refractivity contribution in [1.82, 2.24) is 15.3 Å². The third-order valence-corrected chi connectivity index (χ3v) is 2.41. The number of nitrogens with zero attached hydrogens (tertiary/aromatic N) is 3. The molecule has 1 fully saturated rings. The number of nitrogens with one attached hydrogen (secondary N) is 1.